The predicted molar refractivity (Wildman–Crippen MR) is 116 cm³/mol. The summed E-state index contributed by atoms with van der Waals surface area (Å²) in [5.74, 6) is -5.01. The Labute approximate surface area is 185 Å². The highest BCUT2D eigenvalue weighted by Gasteiger charge is 2.59. The number of aliphatic hydroxyl groups excluding tert-OH is 2. The number of carbonyl (C=O) groups excluding carboxylic acids is 3. The Morgan fingerprint density at radius 3 is 2.47 bits per heavy atom. The van der Waals surface area contributed by atoms with Crippen molar-refractivity contribution >= 4 is 23.4 Å². The van der Waals surface area contributed by atoms with Crippen LogP contribution in [0.1, 0.15) is 55.1 Å². The molecular formula is C25H26O7. The van der Waals surface area contributed by atoms with Crippen molar-refractivity contribution in [2.24, 2.45) is 17.8 Å². The maximum absolute atomic E-state index is 13.4. The number of hydrogen-bond donors (Lipinski definition) is 4. The van der Waals surface area contributed by atoms with Crippen LogP contribution in [0.2, 0.25) is 0 Å². The molecule has 4 rings (SSSR count). The number of phenolic OH excluding ortho intramolecular Hbond substituents is 1. The topological polar surface area (TPSA) is 132 Å². The van der Waals surface area contributed by atoms with Crippen LogP contribution in [0.15, 0.2) is 40.9 Å². The van der Waals surface area contributed by atoms with Crippen LogP contribution in [0, 0.1) is 17.8 Å². The van der Waals surface area contributed by atoms with Gasteiger partial charge in [0.1, 0.15) is 22.8 Å². The molecule has 3 aliphatic carbocycles. The number of rotatable bonds is 3. The average molecular weight is 438 g/mol. The van der Waals surface area contributed by atoms with Gasteiger partial charge in [-0.25, -0.2) is 0 Å². The monoisotopic (exact) mass is 438 g/mol. The van der Waals surface area contributed by atoms with E-state index in [0.717, 1.165) is 12.5 Å². The summed E-state index contributed by atoms with van der Waals surface area (Å²) in [6.07, 6.45) is 4.18. The minimum Gasteiger partial charge on any atom is -0.511 e. The van der Waals surface area contributed by atoms with Gasteiger partial charge in [-0.15, -0.1) is 0 Å². The van der Waals surface area contributed by atoms with Crippen LogP contribution in [-0.2, 0) is 16.0 Å². The second-order valence-corrected chi connectivity index (χ2v) is 9.23. The number of fused-ring (bicyclic) bond motifs is 3. The third kappa shape index (κ3) is 3.03. The van der Waals surface area contributed by atoms with E-state index < -0.39 is 51.9 Å². The molecule has 0 fully saturated rings. The van der Waals surface area contributed by atoms with Gasteiger partial charge in [0, 0.05) is 17.9 Å². The van der Waals surface area contributed by atoms with E-state index in [1.165, 1.54) is 6.07 Å². The SMILES string of the molecule is CC(=O)C1=C(O)C[C@H]2C[C@H]3Cc4c(/C=C/C(C)C)ccc(O)c4C(=O)C3=C(O)[C@]2(O)C1=O. The fourth-order valence-corrected chi connectivity index (χ4v) is 5.20. The second kappa shape index (κ2) is 7.45. The summed E-state index contributed by atoms with van der Waals surface area (Å²) >= 11 is 0. The highest BCUT2D eigenvalue weighted by atomic mass is 16.3. The number of hydrogen-bond acceptors (Lipinski definition) is 7. The van der Waals surface area contributed by atoms with E-state index in [1.54, 1.807) is 6.07 Å². The van der Waals surface area contributed by atoms with Crippen molar-refractivity contribution < 1.29 is 34.8 Å². The van der Waals surface area contributed by atoms with Crippen molar-refractivity contribution in [1.29, 1.82) is 0 Å². The van der Waals surface area contributed by atoms with Crippen molar-refractivity contribution in [2.45, 2.75) is 45.6 Å². The average Bonchev–Trinajstić information content (AvgIpc) is 2.69. The minimum absolute atomic E-state index is 0.0456. The van der Waals surface area contributed by atoms with Gasteiger partial charge in [-0.3, -0.25) is 14.4 Å². The lowest BCUT2D eigenvalue weighted by Crippen LogP contribution is -2.56. The van der Waals surface area contributed by atoms with Crippen molar-refractivity contribution in [3.63, 3.8) is 0 Å². The predicted octanol–water partition coefficient (Wildman–Crippen LogP) is 3.35. The van der Waals surface area contributed by atoms with Gasteiger partial charge in [0.15, 0.2) is 17.2 Å². The number of allylic oxidation sites excluding steroid dienone is 3. The lowest BCUT2D eigenvalue weighted by atomic mass is 9.60. The molecule has 3 aliphatic rings. The first kappa shape index (κ1) is 22.0. The molecule has 0 radical (unpaired) electrons. The van der Waals surface area contributed by atoms with Crippen LogP contribution >= 0.6 is 0 Å². The Morgan fingerprint density at radius 1 is 1.16 bits per heavy atom. The number of Topliss-reactive ketones (excluding diaryl/α,β-unsaturated/α-hetero) is 3. The molecule has 0 aliphatic heterocycles. The van der Waals surface area contributed by atoms with Gasteiger partial charge >= 0.3 is 0 Å². The smallest absolute Gasteiger partial charge is 0.209 e. The van der Waals surface area contributed by atoms with E-state index in [1.807, 2.05) is 26.0 Å². The molecule has 32 heavy (non-hydrogen) atoms. The van der Waals surface area contributed by atoms with E-state index in [2.05, 4.69) is 0 Å². The lowest BCUT2D eigenvalue weighted by Gasteiger charge is -2.45. The Kier molecular flexibility index (Phi) is 5.12. The first-order chi connectivity index (χ1) is 15.0. The molecule has 0 saturated carbocycles. The van der Waals surface area contributed by atoms with Gasteiger partial charge in [-0.2, -0.15) is 0 Å². The number of aliphatic hydroxyl groups is 3. The van der Waals surface area contributed by atoms with Crippen LogP contribution in [-0.4, -0.2) is 43.4 Å². The van der Waals surface area contributed by atoms with E-state index in [4.69, 9.17) is 0 Å². The van der Waals surface area contributed by atoms with Gasteiger partial charge in [0.25, 0.3) is 0 Å². The van der Waals surface area contributed by atoms with Crippen LogP contribution in [0.3, 0.4) is 0 Å². The summed E-state index contributed by atoms with van der Waals surface area (Å²) < 4.78 is 0. The molecule has 0 amide bonds. The number of carbonyl (C=O) groups is 3. The summed E-state index contributed by atoms with van der Waals surface area (Å²) in [7, 11) is 0. The number of aromatic hydroxyl groups is 1. The first-order valence-electron chi connectivity index (χ1n) is 10.7. The standard InChI is InChI=1S/C25H26O7/c1-11(2)4-5-13-6-7-17(27)21-16(13)9-14-8-15-10-18(28)19(12(3)26)23(30)25(15,32)24(31)20(14)22(21)29/h4-7,11,14-15,27-28,31-32H,8-10H2,1-3H3/b5-4+/t14-,15+,25+/m0/s1. The number of ketones is 3. The molecule has 0 saturated heterocycles. The molecule has 168 valence electrons. The quantitative estimate of drug-likeness (QED) is 0.532. The van der Waals surface area contributed by atoms with Crippen molar-refractivity contribution in [3.05, 3.63) is 57.6 Å². The van der Waals surface area contributed by atoms with E-state index >= 15 is 0 Å². The van der Waals surface area contributed by atoms with Crippen LogP contribution in [0.4, 0.5) is 0 Å². The third-order valence-electron chi connectivity index (χ3n) is 6.75. The van der Waals surface area contributed by atoms with Crippen molar-refractivity contribution in [1.82, 2.24) is 0 Å². The highest BCUT2D eigenvalue weighted by Crippen LogP contribution is 2.51. The van der Waals surface area contributed by atoms with Crippen LogP contribution in [0.25, 0.3) is 6.08 Å². The van der Waals surface area contributed by atoms with Gasteiger partial charge in [0.05, 0.1) is 5.56 Å². The van der Waals surface area contributed by atoms with Gasteiger partial charge in [-0.05, 0) is 48.8 Å². The summed E-state index contributed by atoms with van der Waals surface area (Å²) in [4.78, 5) is 38.3. The summed E-state index contributed by atoms with van der Waals surface area (Å²) in [5, 5.41) is 43.0. The minimum atomic E-state index is -2.46. The molecule has 1 aromatic rings. The number of benzene rings is 1. The van der Waals surface area contributed by atoms with Crippen LogP contribution < -0.4 is 0 Å². The van der Waals surface area contributed by atoms with Gasteiger partial charge < -0.3 is 20.4 Å². The molecule has 0 bridgehead atoms. The van der Waals surface area contributed by atoms with Crippen molar-refractivity contribution in [3.8, 4) is 5.75 Å². The van der Waals surface area contributed by atoms with Gasteiger partial charge in [-0.1, -0.05) is 32.1 Å². The van der Waals surface area contributed by atoms with E-state index in [-0.39, 0.29) is 35.6 Å². The largest absolute Gasteiger partial charge is 0.511 e. The molecule has 4 N–H and O–H groups in total. The molecule has 0 aromatic heterocycles. The molecule has 7 heteroatoms. The molecule has 0 heterocycles. The zero-order valence-corrected chi connectivity index (χ0v) is 18.2. The van der Waals surface area contributed by atoms with E-state index in [0.29, 0.717) is 12.0 Å². The lowest BCUT2D eigenvalue weighted by molar-refractivity contribution is -0.144. The van der Waals surface area contributed by atoms with Gasteiger partial charge in [0.2, 0.25) is 5.78 Å². The molecule has 3 atom stereocenters. The fourth-order valence-electron chi connectivity index (χ4n) is 5.20. The molecule has 7 nitrogen and oxygen atoms in total. The zero-order chi connectivity index (χ0) is 23.5. The summed E-state index contributed by atoms with van der Waals surface area (Å²) in [6, 6.07) is 3.14. The van der Waals surface area contributed by atoms with E-state index in [9.17, 15) is 34.8 Å². The van der Waals surface area contributed by atoms with Crippen molar-refractivity contribution in [2.75, 3.05) is 0 Å². The molecule has 0 unspecified atom stereocenters. The maximum atomic E-state index is 13.4. The molecule has 0 spiro atoms. The number of phenols is 1. The normalized spacial score (nSPS) is 27.7. The molecular weight excluding hydrogens is 412 g/mol. The Balaban J connectivity index is 1.88. The maximum Gasteiger partial charge on any atom is 0.209 e. The molecule has 1 aromatic carbocycles. The zero-order valence-electron chi connectivity index (χ0n) is 18.2. The Morgan fingerprint density at radius 2 is 1.84 bits per heavy atom. The first-order valence-corrected chi connectivity index (χ1v) is 10.7. The Hall–Kier alpha value is -3.19. The summed E-state index contributed by atoms with van der Waals surface area (Å²) in [5.41, 5.74) is -1.66. The third-order valence-corrected chi connectivity index (χ3v) is 6.75. The van der Waals surface area contributed by atoms with Crippen LogP contribution in [0.5, 0.6) is 5.75 Å². The Bertz CT molecular complexity index is 1150. The second-order valence-electron chi connectivity index (χ2n) is 9.23. The fraction of sp³-hybridized carbons (Fsp3) is 0.400. The highest BCUT2D eigenvalue weighted by molar-refractivity contribution is 6.25. The summed E-state index contributed by atoms with van der Waals surface area (Å²) in [6.45, 7) is 5.13.